The molecule has 1 aromatic rings. The topological polar surface area (TPSA) is 123 Å². The number of benzene rings is 1. The smallest absolute Gasteiger partial charge is 0.410 e. The summed E-state index contributed by atoms with van der Waals surface area (Å²) in [7, 11) is 2.02. The molecule has 0 unspecified atom stereocenters. The maximum Gasteiger partial charge on any atom is 0.410 e. The van der Waals surface area contributed by atoms with Crippen molar-refractivity contribution in [2.24, 2.45) is 11.8 Å². The number of carbonyl (C=O) groups is 3. The molecule has 2 saturated heterocycles. The van der Waals surface area contributed by atoms with Crippen molar-refractivity contribution in [3.63, 3.8) is 0 Å². The highest BCUT2D eigenvalue weighted by Gasteiger charge is 2.29. The average molecular weight is 645 g/mol. The Kier molecular flexibility index (Phi) is 12.6. The molecule has 4 rings (SSSR count). The number of hydrogen-bond acceptors (Lipinski definition) is 9. The Morgan fingerprint density at radius 3 is 2.50 bits per heavy atom. The largest absolute Gasteiger partial charge is 0.457 e. The number of anilines is 1. The van der Waals surface area contributed by atoms with Crippen molar-refractivity contribution in [1.82, 2.24) is 14.7 Å². The number of carbonyl (C=O) groups excluding carboxylic acids is 3. The highest BCUT2D eigenvalue weighted by molar-refractivity contribution is 5.83. The second-order valence-corrected chi connectivity index (χ2v) is 12.9. The molecule has 3 aliphatic rings. The Balaban J connectivity index is 1.55. The fraction of sp³-hybridized carbons (Fsp3) is 0.618. The molecule has 5 atom stereocenters. The number of piperazine rings is 2. The van der Waals surface area contributed by atoms with Crippen LogP contribution >= 0.6 is 0 Å². The molecule has 11 nitrogen and oxygen atoms in total. The fourth-order valence-corrected chi connectivity index (χ4v) is 6.12. The lowest BCUT2D eigenvalue weighted by Gasteiger charge is -2.35. The van der Waals surface area contributed by atoms with E-state index < -0.39 is 30.1 Å². The SMILES string of the molecule is C/C(=C\c1cc(F)cc(N2CCN(CCO)C(=O)C2)c1)[C@H]1OC(=O)C[C@H](O)CC[C@H](C)[C@@H](OC(=O)N2CCN(C)CC2)C=C[C@@H]1C. The first-order valence-corrected chi connectivity index (χ1v) is 16.3. The number of hydrogen-bond donors (Lipinski definition) is 2. The van der Waals surface area contributed by atoms with Crippen LogP contribution in [0.4, 0.5) is 14.9 Å². The minimum atomic E-state index is -0.904. The summed E-state index contributed by atoms with van der Waals surface area (Å²) < 4.78 is 26.7. The van der Waals surface area contributed by atoms with Crippen LogP contribution in [0.5, 0.6) is 0 Å². The van der Waals surface area contributed by atoms with Gasteiger partial charge in [-0.3, -0.25) is 9.59 Å². The molecule has 0 saturated carbocycles. The summed E-state index contributed by atoms with van der Waals surface area (Å²) in [6, 6.07) is 4.56. The third kappa shape index (κ3) is 9.76. The molecule has 254 valence electrons. The number of aliphatic hydroxyl groups is 2. The lowest BCUT2D eigenvalue weighted by atomic mass is 9.91. The summed E-state index contributed by atoms with van der Waals surface area (Å²) in [5.74, 6) is -1.56. The molecule has 12 heteroatoms. The molecule has 1 aromatic carbocycles. The second kappa shape index (κ2) is 16.4. The second-order valence-electron chi connectivity index (χ2n) is 12.9. The Bertz CT molecular complexity index is 1280. The van der Waals surface area contributed by atoms with Gasteiger partial charge >= 0.3 is 12.1 Å². The van der Waals surface area contributed by atoms with Gasteiger partial charge in [-0.1, -0.05) is 26.0 Å². The van der Waals surface area contributed by atoms with Gasteiger partial charge in [0.15, 0.2) is 0 Å². The van der Waals surface area contributed by atoms with Gasteiger partial charge in [0.05, 0.1) is 25.7 Å². The predicted octanol–water partition coefficient (Wildman–Crippen LogP) is 2.91. The van der Waals surface area contributed by atoms with Gasteiger partial charge in [-0.2, -0.15) is 0 Å². The molecule has 0 bridgehead atoms. The van der Waals surface area contributed by atoms with Crippen LogP contribution in [0.2, 0.25) is 0 Å². The first kappa shape index (κ1) is 35.4. The summed E-state index contributed by atoms with van der Waals surface area (Å²) in [5, 5.41) is 19.8. The van der Waals surface area contributed by atoms with E-state index in [2.05, 4.69) is 4.90 Å². The van der Waals surface area contributed by atoms with E-state index in [1.807, 2.05) is 33.0 Å². The van der Waals surface area contributed by atoms with Gasteiger partial charge in [-0.05, 0) is 68.1 Å². The standard InChI is InChI=1S/C34H49FN4O7/c1-23-5-7-29(41)21-32(43)46-33(24(2)6-8-30(23)45-34(44)38-11-9-36(4)10-12-38)25(3)17-26-18-27(35)20-28(19-26)39-14-13-37(15-16-40)31(42)22-39/h6,8,17-20,23-24,29-30,33,40-41H,5,7,9-16,21-22H2,1-4H3/b8-6?,25-17+/t23-,24-,29+,30-,33-/m0/s1. The van der Waals surface area contributed by atoms with Crippen LogP contribution in [0.3, 0.4) is 0 Å². The van der Waals surface area contributed by atoms with Crippen molar-refractivity contribution in [1.29, 1.82) is 0 Å². The van der Waals surface area contributed by atoms with Gasteiger partial charge < -0.3 is 39.3 Å². The van der Waals surface area contributed by atoms with E-state index in [9.17, 15) is 29.0 Å². The Labute approximate surface area is 271 Å². The Morgan fingerprint density at radius 2 is 1.80 bits per heavy atom. The van der Waals surface area contributed by atoms with Gasteiger partial charge in [0.1, 0.15) is 18.0 Å². The van der Waals surface area contributed by atoms with Crippen LogP contribution in [0.1, 0.15) is 45.6 Å². The van der Waals surface area contributed by atoms with E-state index in [-0.39, 0.29) is 50.0 Å². The quantitative estimate of drug-likeness (QED) is 0.356. The molecule has 0 aliphatic carbocycles. The zero-order valence-corrected chi connectivity index (χ0v) is 27.4. The third-order valence-electron chi connectivity index (χ3n) is 9.06. The lowest BCUT2D eigenvalue weighted by Crippen LogP contribution is -2.51. The number of likely N-dealkylation sites (N-methyl/N-ethyl adjacent to an activating group) is 1. The van der Waals surface area contributed by atoms with Crippen LogP contribution in [0, 0.1) is 17.7 Å². The zero-order valence-electron chi connectivity index (χ0n) is 27.4. The van der Waals surface area contributed by atoms with Crippen LogP contribution in [-0.4, -0.2) is 127 Å². The van der Waals surface area contributed by atoms with E-state index in [0.29, 0.717) is 55.8 Å². The number of rotatable bonds is 6. The van der Waals surface area contributed by atoms with Crippen molar-refractivity contribution in [2.45, 2.75) is 58.3 Å². The van der Waals surface area contributed by atoms with Crippen LogP contribution in [-0.2, 0) is 19.1 Å². The van der Waals surface area contributed by atoms with Gasteiger partial charge in [-0.25, -0.2) is 9.18 Å². The first-order valence-electron chi connectivity index (χ1n) is 16.3. The summed E-state index contributed by atoms with van der Waals surface area (Å²) in [5.41, 5.74) is 1.77. The molecule has 2 amide bonds. The molecule has 0 aromatic heterocycles. The van der Waals surface area contributed by atoms with Crippen molar-refractivity contribution in [3.8, 4) is 0 Å². The molecular weight excluding hydrogens is 595 g/mol. The van der Waals surface area contributed by atoms with Crippen LogP contribution in [0.15, 0.2) is 35.9 Å². The summed E-state index contributed by atoms with van der Waals surface area (Å²) in [6.07, 6.45) is 3.70. The summed E-state index contributed by atoms with van der Waals surface area (Å²) >= 11 is 0. The van der Waals surface area contributed by atoms with Gasteiger partial charge in [0.2, 0.25) is 5.91 Å². The maximum atomic E-state index is 14.8. The van der Waals surface area contributed by atoms with E-state index in [1.54, 1.807) is 33.8 Å². The minimum Gasteiger partial charge on any atom is -0.457 e. The summed E-state index contributed by atoms with van der Waals surface area (Å²) in [4.78, 5) is 45.7. The molecule has 3 aliphatic heterocycles. The average Bonchev–Trinajstić information content (AvgIpc) is 3.01. The molecule has 0 radical (unpaired) electrons. The van der Waals surface area contributed by atoms with E-state index in [4.69, 9.17) is 9.47 Å². The number of esters is 1. The molecule has 46 heavy (non-hydrogen) atoms. The minimum absolute atomic E-state index is 0.0783. The fourth-order valence-electron chi connectivity index (χ4n) is 6.12. The Hall–Kier alpha value is -3.48. The lowest BCUT2D eigenvalue weighted by molar-refractivity contribution is -0.151. The molecule has 2 N–H and O–H groups in total. The Morgan fingerprint density at radius 1 is 1.07 bits per heavy atom. The van der Waals surface area contributed by atoms with Gasteiger partial charge in [0.25, 0.3) is 0 Å². The summed E-state index contributed by atoms with van der Waals surface area (Å²) in [6.45, 7) is 9.58. The molecule has 0 spiro atoms. The zero-order chi connectivity index (χ0) is 33.4. The monoisotopic (exact) mass is 644 g/mol. The van der Waals surface area contributed by atoms with Crippen LogP contribution in [0.25, 0.3) is 6.08 Å². The van der Waals surface area contributed by atoms with Gasteiger partial charge in [-0.15, -0.1) is 0 Å². The van der Waals surface area contributed by atoms with E-state index >= 15 is 0 Å². The van der Waals surface area contributed by atoms with Crippen molar-refractivity contribution >= 4 is 29.7 Å². The first-order chi connectivity index (χ1) is 21.9. The molecule has 3 heterocycles. The normalized spacial score (nSPS) is 27.6. The number of cyclic esters (lactones) is 1. The van der Waals surface area contributed by atoms with E-state index in [1.165, 1.54) is 12.1 Å². The predicted molar refractivity (Wildman–Crippen MR) is 172 cm³/mol. The molecular formula is C34H49FN4O7. The maximum absolute atomic E-state index is 14.8. The third-order valence-corrected chi connectivity index (χ3v) is 9.06. The number of halogens is 1. The number of amides is 2. The highest BCUT2D eigenvalue weighted by atomic mass is 19.1. The molecule has 2 fully saturated rings. The van der Waals surface area contributed by atoms with E-state index in [0.717, 1.165) is 13.1 Å². The highest BCUT2D eigenvalue weighted by Crippen LogP contribution is 2.28. The van der Waals surface area contributed by atoms with Crippen molar-refractivity contribution < 1.29 is 38.5 Å². The van der Waals surface area contributed by atoms with Crippen molar-refractivity contribution in [3.05, 3.63) is 47.3 Å². The number of ether oxygens (including phenoxy) is 2. The number of aliphatic hydroxyl groups excluding tert-OH is 2. The van der Waals surface area contributed by atoms with Gasteiger partial charge in [0, 0.05) is 57.4 Å². The van der Waals surface area contributed by atoms with Crippen molar-refractivity contribution in [2.75, 3.05) is 70.9 Å². The number of β-amino-alcohol motifs (C(OH)–C–C–N with tert-alkyl or cyclic N) is 1. The number of nitrogens with zero attached hydrogens (tertiary/aromatic N) is 4. The van der Waals surface area contributed by atoms with Crippen LogP contribution < -0.4 is 4.90 Å².